The van der Waals surface area contributed by atoms with Crippen molar-refractivity contribution >= 4 is 34.4 Å². The number of aromatic nitrogens is 4. The van der Waals surface area contributed by atoms with Crippen molar-refractivity contribution in [3.05, 3.63) is 72.1 Å². The highest BCUT2D eigenvalue weighted by Gasteiger charge is 2.23. The maximum atomic E-state index is 14.5. The minimum Gasteiger partial charge on any atom is -0.481 e. The van der Waals surface area contributed by atoms with Gasteiger partial charge in [0.25, 0.3) is 5.91 Å². The number of thioether (sulfide) groups is 1. The summed E-state index contributed by atoms with van der Waals surface area (Å²) in [7, 11) is 3.06. The highest BCUT2D eigenvalue weighted by molar-refractivity contribution is 7.99. The minimum absolute atomic E-state index is 0.0110. The first-order valence-corrected chi connectivity index (χ1v) is 12.6. The van der Waals surface area contributed by atoms with Crippen molar-refractivity contribution < 1.29 is 13.9 Å². The monoisotopic (exact) mass is 506 g/mol. The zero-order valence-electron chi connectivity index (χ0n) is 20.4. The van der Waals surface area contributed by atoms with Gasteiger partial charge in [0.15, 0.2) is 5.82 Å². The fraction of sp³-hybridized carbons (Fsp3) is 0.269. The number of fused-ring (bicyclic) bond motifs is 1. The summed E-state index contributed by atoms with van der Waals surface area (Å²) in [6.07, 6.45) is 6.39. The van der Waals surface area contributed by atoms with Gasteiger partial charge in [-0.25, -0.2) is 19.3 Å². The Bertz CT molecular complexity index is 1370. The van der Waals surface area contributed by atoms with Crippen molar-refractivity contribution in [1.82, 2.24) is 25.3 Å². The summed E-state index contributed by atoms with van der Waals surface area (Å²) in [5.74, 6) is 0.178. The summed E-state index contributed by atoms with van der Waals surface area (Å²) < 4.78 is 19.6. The van der Waals surface area contributed by atoms with E-state index in [9.17, 15) is 9.18 Å². The van der Waals surface area contributed by atoms with E-state index in [4.69, 9.17) is 4.74 Å². The summed E-state index contributed by atoms with van der Waals surface area (Å²) in [5.41, 5.74) is 3.19. The second-order valence-corrected chi connectivity index (χ2v) is 9.20. The number of hydrogen-bond donors (Lipinski definition) is 2. The molecule has 0 saturated carbocycles. The Morgan fingerprint density at radius 2 is 1.97 bits per heavy atom. The van der Waals surface area contributed by atoms with Crippen LogP contribution >= 0.6 is 11.8 Å². The molecule has 0 fully saturated rings. The lowest BCUT2D eigenvalue weighted by Gasteiger charge is -2.24. The van der Waals surface area contributed by atoms with Crippen LogP contribution in [0.3, 0.4) is 0 Å². The molecule has 186 valence electrons. The molecule has 3 aromatic heterocycles. The highest BCUT2D eigenvalue weighted by atomic mass is 32.2. The van der Waals surface area contributed by atoms with Crippen molar-refractivity contribution in [1.29, 1.82) is 0 Å². The number of rotatable bonds is 9. The molecule has 10 heteroatoms. The quantitative estimate of drug-likeness (QED) is 0.341. The third-order valence-electron chi connectivity index (χ3n) is 6.08. The van der Waals surface area contributed by atoms with Gasteiger partial charge in [-0.1, -0.05) is 25.1 Å². The first kappa shape index (κ1) is 25.3. The lowest BCUT2D eigenvalue weighted by molar-refractivity contribution is 0.0960. The van der Waals surface area contributed by atoms with Gasteiger partial charge in [-0.05, 0) is 23.8 Å². The molecule has 0 radical (unpaired) electrons. The van der Waals surface area contributed by atoms with Gasteiger partial charge in [0.05, 0.1) is 30.1 Å². The van der Waals surface area contributed by atoms with Gasteiger partial charge in [0.1, 0.15) is 12.1 Å². The van der Waals surface area contributed by atoms with Crippen LogP contribution in [0.5, 0.6) is 5.88 Å². The topological polar surface area (TPSA) is 102 Å². The Morgan fingerprint density at radius 3 is 2.67 bits per heavy atom. The number of carbonyl (C=O) groups excluding carboxylic acids is 1. The van der Waals surface area contributed by atoms with E-state index in [-0.39, 0.29) is 16.7 Å². The van der Waals surface area contributed by atoms with Gasteiger partial charge in [-0.15, -0.1) is 0 Å². The lowest BCUT2D eigenvalue weighted by atomic mass is 9.93. The van der Waals surface area contributed by atoms with Crippen molar-refractivity contribution in [2.45, 2.75) is 18.1 Å². The standard InChI is InChI=1S/C26H27FN6O2S/c1-15(17-6-5-7-18-24(26(34)28-2)19(27)12-31-25(17)18)21(36-4)13-29-22-10-20(32-14-33-22)16-8-9-23(35-3)30-11-16/h5-12,14-15,21H,13H2,1-4H3,(H,28,34)(H,29,32,33). The minimum atomic E-state index is -0.638. The van der Waals surface area contributed by atoms with Gasteiger partial charge in [-0.3, -0.25) is 9.78 Å². The first-order chi connectivity index (χ1) is 17.5. The molecule has 1 aromatic carbocycles. The molecule has 0 aliphatic rings. The highest BCUT2D eigenvalue weighted by Crippen LogP contribution is 2.33. The van der Waals surface area contributed by atoms with E-state index in [1.807, 2.05) is 30.5 Å². The number of carbonyl (C=O) groups is 1. The van der Waals surface area contributed by atoms with Crippen molar-refractivity contribution in [2.24, 2.45) is 0 Å². The summed E-state index contributed by atoms with van der Waals surface area (Å²) in [4.78, 5) is 29.6. The number of para-hydroxylation sites is 1. The van der Waals surface area contributed by atoms with E-state index in [2.05, 4.69) is 37.5 Å². The normalized spacial score (nSPS) is 12.7. The van der Waals surface area contributed by atoms with Crippen LogP contribution in [0.15, 0.2) is 55.1 Å². The molecule has 4 rings (SSSR count). The van der Waals surface area contributed by atoms with Crippen molar-refractivity contribution in [3.8, 4) is 17.1 Å². The molecule has 2 atom stereocenters. The Hall–Kier alpha value is -3.79. The fourth-order valence-corrected chi connectivity index (χ4v) is 4.88. The van der Waals surface area contributed by atoms with Crippen LogP contribution in [0.25, 0.3) is 22.2 Å². The SMILES string of the molecule is CNC(=O)c1c(F)cnc2c(C(C)C(CNc3cc(-c4ccc(OC)nc4)ncn3)SC)cccc12. The second-order valence-electron chi connectivity index (χ2n) is 8.13. The third kappa shape index (κ3) is 5.23. The van der Waals surface area contributed by atoms with Gasteiger partial charge in [0, 0.05) is 48.1 Å². The average Bonchev–Trinajstić information content (AvgIpc) is 2.92. The lowest BCUT2D eigenvalue weighted by Crippen LogP contribution is -2.24. The van der Waals surface area contributed by atoms with E-state index in [0.29, 0.717) is 29.1 Å². The van der Waals surface area contributed by atoms with Crippen LogP contribution in [-0.4, -0.2) is 58.1 Å². The number of methoxy groups -OCH3 is 1. The van der Waals surface area contributed by atoms with Gasteiger partial charge < -0.3 is 15.4 Å². The molecule has 0 aliphatic heterocycles. The molecular formula is C26H27FN6O2S. The Labute approximate surface area is 213 Å². The van der Waals surface area contributed by atoms with Gasteiger partial charge in [-0.2, -0.15) is 11.8 Å². The van der Waals surface area contributed by atoms with Crippen LogP contribution in [0.4, 0.5) is 10.2 Å². The molecule has 2 unspecified atom stereocenters. The molecule has 3 heterocycles. The molecule has 36 heavy (non-hydrogen) atoms. The molecule has 4 aromatic rings. The Morgan fingerprint density at radius 1 is 1.14 bits per heavy atom. The second kappa shape index (κ2) is 11.3. The maximum Gasteiger partial charge on any atom is 0.254 e. The van der Waals surface area contributed by atoms with Gasteiger partial charge >= 0.3 is 0 Å². The third-order valence-corrected chi connectivity index (χ3v) is 7.26. The van der Waals surface area contributed by atoms with Crippen LogP contribution < -0.4 is 15.4 Å². The molecular weight excluding hydrogens is 479 g/mol. The van der Waals surface area contributed by atoms with E-state index < -0.39 is 11.7 Å². The molecule has 8 nitrogen and oxygen atoms in total. The van der Waals surface area contributed by atoms with Crippen molar-refractivity contribution in [3.63, 3.8) is 0 Å². The largest absolute Gasteiger partial charge is 0.481 e. The van der Waals surface area contributed by atoms with Crippen LogP contribution in [0, 0.1) is 5.82 Å². The van der Waals surface area contributed by atoms with Gasteiger partial charge in [0.2, 0.25) is 5.88 Å². The summed E-state index contributed by atoms with van der Waals surface area (Å²) in [5, 5.41) is 6.57. The number of nitrogens with zero attached hydrogens (tertiary/aromatic N) is 4. The summed E-state index contributed by atoms with van der Waals surface area (Å²) in [6.45, 7) is 2.73. The summed E-state index contributed by atoms with van der Waals surface area (Å²) in [6, 6.07) is 11.1. The number of amides is 1. The predicted molar refractivity (Wildman–Crippen MR) is 141 cm³/mol. The molecule has 0 aliphatic carbocycles. The van der Waals surface area contributed by atoms with Crippen LogP contribution in [-0.2, 0) is 0 Å². The molecule has 2 N–H and O–H groups in total. The molecule has 0 spiro atoms. The summed E-state index contributed by atoms with van der Waals surface area (Å²) >= 11 is 1.71. The number of pyridine rings is 2. The van der Waals surface area contributed by atoms with E-state index in [1.54, 1.807) is 37.2 Å². The van der Waals surface area contributed by atoms with Crippen LogP contribution in [0.2, 0.25) is 0 Å². The number of nitrogens with one attached hydrogen (secondary N) is 2. The molecule has 0 saturated heterocycles. The number of hydrogen-bond acceptors (Lipinski definition) is 8. The Kier molecular flexibility index (Phi) is 7.94. The van der Waals surface area contributed by atoms with E-state index in [1.165, 1.54) is 13.4 Å². The average molecular weight is 507 g/mol. The first-order valence-electron chi connectivity index (χ1n) is 11.3. The number of halogens is 1. The van der Waals surface area contributed by atoms with Crippen molar-refractivity contribution in [2.75, 3.05) is 32.3 Å². The number of benzene rings is 1. The Balaban J connectivity index is 1.56. The molecule has 1 amide bonds. The maximum absolute atomic E-state index is 14.5. The molecule has 0 bridgehead atoms. The predicted octanol–water partition coefficient (Wildman–Crippen LogP) is 4.54. The zero-order valence-corrected chi connectivity index (χ0v) is 21.3. The zero-order chi connectivity index (χ0) is 25.7. The van der Waals surface area contributed by atoms with Crippen LogP contribution in [0.1, 0.15) is 28.8 Å². The smallest absolute Gasteiger partial charge is 0.254 e. The van der Waals surface area contributed by atoms with E-state index in [0.717, 1.165) is 23.0 Å². The fourth-order valence-electron chi connectivity index (χ4n) is 4.08. The van der Waals surface area contributed by atoms with E-state index >= 15 is 0 Å². The number of ether oxygens (including phenoxy) is 1. The number of anilines is 1.